The zero-order chi connectivity index (χ0) is 7.44. The number of hydrogen-bond acceptors (Lipinski definition) is 3. The lowest BCUT2D eigenvalue weighted by atomic mass is 10.3. The van der Waals surface area contributed by atoms with Crippen LogP contribution in [0.4, 0.5) is 4.79 Å². The van der Waals surface area contributed by atoms with E-state index in [2.05, 4.69) is 0 Å². The van der Waals surface area contributed by atoms with Crippen LogP contribution in [0.1, 0.15) is 13.8 Å². The number of rotatable bonds is 1. The summed E-state index contributed by atoms with van der Waals surface area (Å²) in [5.41, 5.74) is 0. The van der Waals surface area contributed by atoms with Crippen molar-refractivity contribution in [3.8, 4) is 0 Å². The predicted octanol–water partition coefficient (Wildman–Crippen LogP) is 1.58. The molecule has 0 rings (SSSR count). The molecule has 0 unspecified atom stereocenters. The second-order valence-corrected chi connectivity index (χ2v) is 2.80. The molecule has 3 nitrogen and oxygen atoms in total. The molecule has 9 heavy (non-hydrogen) atoms. The van der Waals surface area contributed by atoms with Crippen molar-refractivity contribution in [1.82, 2.24) is 0 Å². The van der Waals surface area contributed by atoms with E-state index < -0.39 is 5.30 Å². The Morgan fingerprint density at radius 2 is 1.89 bits per heavy atom. The maximum atomic E-state index is 10.5. The molecule has 0 fully saturated rings. The van der Waals surface area contributed by atoms with Gasteiger partial charge in [-0.1, -0.05) is 13.8 Å². The molecule has 0 amide bonds. The summed E-state index contributed by atoms with van der Waals surface area (Å²) in [7, 11) is 0. The number of carbonyl (C=O) groups excluding carboxylic acids is 1. The summed E-state index contributed by atoms with van der Waals surface area (Å²) in [5.74, 6) is -0.203. The normalized spacial score (nSPS) is 9.67. The van der Waals surface area contributed by atoms with Crippen LogP contribution in [0.3, 0.4) is 0 Å². The van der Waals surface area contributed by atoms with Crippen molar-refractivity contribution in [2.45, 2.75) is 13.8 Å². The summed E-state index contributed by atoms with van der Waals surface area (Å²) < 4.78 is 0. The van der Waals surface area contributed by atoms with Crippen LogP contribution in [0, 0.1) is 5.92 Å². The molecule has 0 aromatic rings. The quantitative estimate of drug-likeness (QED) is 0.613. The first kappa shape index (κ1) is 8.49. The van der Waals surface area contributed by atoms with Gasteiger partial charge in [-0.15, -0.1) is 0 Å². The zero-order valence-electron chi connectivity index (χ0n) is 5.25. The summed E-state index contributed by atoms with van der Waals surface area (Å²) in [5, 5.41) is 6.64. The minimum atomic E-state index is -1.13. The van der Waals surface area contributed by atoms with Gasteiger partial charge in [-0.3, -0.25) is 4.79 Å². The Labute approximate surface area is 57.4 Å². The van der Waals surface area contributed by atoms with E-state index in [0.29, 0.717) is 11.8 Å². The summed E-state index contributed by atoms with van der Waals surface area (Å²) in [6.07, 6.45) is 0. The van der Waals surface area contributed by atoms with E-state index in [4.69, 9.17) is 5.11 Å². The number of thioether (sulfide) groups is 1. The molecule has 0 heterocycles. The van der Waals surface area contributed by atoms with Gasteiger partial charge >= 0.3 is 5.30 Å². The second-order valence-electron chi connectivity index (χ2n) is 1.84. The van der Waals surface area contributed by atoms with E-state index in [1.807, 2.05) is 0 Å². The van der Waals surface area contributed by atoms with Gasteiger partial charge in [0.15, 0.2) is 0 Å². The van der Waals surface area contributed by atoms with Gasteiger partial charge < -0.3 is 5.11 Å². The van der Waals surface area contributed by atoms with Gasteiger partial charge in [-0.2, -0.15) is 0 Å². The molecular formula is C5H8O3S. The minimum absolute atomic E-state index is 0.203. The molecular weight excluding hydrogens is 140 g/mol. The van der Waals surface area contributed by atoms with Crippen molar-refractivity contribution < 1.29 is 14.7 Å². The van der Waals surface area contributed by atoms with Crippen LogP contribution in [0.15, 0.2) is 0 Å². The van der Waals surface area contributed by atoms with Crippen molar-refractivity contribution in [2.75, 3.05) is 0 Å². The summed E-state index contributed by atoms with van der Waals surface area (Å²) >= 11 is 0.340. The van der Waals surface area contributed by atoms with E-state index in [0.717, 1.165) is 0 Å². The van der Waals surface area contributed by atoms with Crippen LogP contribution in [0.2, 0.25) is 0 Å². The first-order valence-corrected chi connectivity index (χ1v) is 3.30. The molecule has 4 heteroatoms. The van der Waals surface area contributed by atoms with Crippen LogP contribution in [0.25, 0.3) is 0 Å². The van der Waals surface area contributed by atoms with Gasteiger partial charge in [-0.05, 0) is 0 Å². The standard InChI is InChI=1S/C5H8O3S/c1-3(2)4(6)9-5(7)8/h3H,1-2H3,(H,7,8). The van der Waals surface area contributed by atoms with E-state index in [1.165, 1.54) is 0 Å². The topological polar surface area (TPSA) is 54.4 Å². The predicted molar refractivity (Wildman–Crippen MR) is 35.5 cm³/mol. The lowest BCUT2D eigenvalue weighted by Gasteiger charge is -1.96. The van der Waals surface area contributed by atoms with Crippen LogP contribution >= 0.6 is 11.8 Å². The molecule has 0 bridgehead atoms. The Kier molecular flexibility index (Phi) is 3.30. The molecule has 0 saturated carbocycles. The third kappa shape index (κ3) is 4.02. The van der Waals surface area contributed by atoms with Crippen LogP contribution in [-0.4, -0.2) is 15.5 Å². The van der Waals surface area contributed by atoms with Crippen molar-refractivity contribution in [3.05, 3.63) is 0 Å². The van der Waals surface area contributed by atoms with E-state index in [9.17, 15) is 9.59 Å². The van der Waals surface area contributed by atoms with E-state index in [1.54, 1.807) is 13.8 Å². The van der Waals surface area contributed by atoms with Gasteiger partial charge in [-0.25, -0.2) is 4.79 Å². The molecule has 0 aliphatic rings. The maximum Gasteiger partial charge on any atom is 0.372 e. The van der Waals surface area contributed by atoms with Crippen LogP contribution < -0.4 is 0 Å². The highest BCUT2D eigenvalue weighted by Gasteiger charge is 2.11. The lowest BCUT2D eigenvalue weighted by Crippen LogP contribution is -2.04. The maximum absolute atomic E-state index is 10.5. The minimum Gasteiger partial charge on any atom is -0.473 e. The average molecular weight is 148 g/mol. The highest BCUT2D eigenvalue weighted by molar-refractivity contribution is 8.25. The summed E-state index contributed by atoms with van der Waals surface area (Å²) in [4.78, 5) is 20.4. The molecule has 0 atom stereocenters. The van der Waals surface area contributed by atoms with E-state index in [-0.39, 0.29) is 11.0 Å². The van der Waals surface area contributed by atoms with Gasteiger partial charge in [0.25, 0.3) is 0 Å². The number of hydrogen-bond donors (Lipinski definition) is 1. The second kappa shape index (κ2) is 3.50. The van der Waals surface area contributed by atoms with Gasteiger partial charge in [0.05, 0.1) is 0 Å². The SMILES string of the molecule is CC(C)C(=O)SC(=O)O. The van der Waals surface area contributed by atoms with Crippen molar-refractivity contribution in [3.63, 3.8) is 0 Å². The third-order valence-corrected chi connectivity index (χ3v) is 1.51. The highest BCUT2D eigenvalue weighted by Crippen LogP contribution is 2.09. The molecule has 0 radical (unpaired) electrons. The van der Waals surface area contributed by atoms with Gasteiger partial charge in [0.2, 0.25) is 5.12 Å². The Morgan fingerprint density at radius 3 is 2.00 bits per heavy atom. The highest BCUT2D eigenvalue weighted by atomic mass is 32.2. The molecule has 0 aliphatic carbocycles. The van der Waals surface area contributed by atoms with Crippen molar-refractivity contribution in [2.24, 2.45) is 5.92 Å². The largest absolute Gasteiger partial charge is 0.473 e. The fourth-order valence-electron chi connectivity index (χ4n) is 0.204. The van der Waals surface area contributed by atoms with Gasteiger partial charge in [0, 0.05) is 17.7 Å². The Balaban J connectivity index is 3.64. The molecule has 0 aromatic heterocycles. The van der Waals surface area contributed by atoms with Crippen LogP contribution in [0.5, 0.6) is 0 Å². The molecule has 1 N–H and O–H groups in total. The first-order chi connectivity index (χ1) is 4.04. The smallest absolute Gasteiger partial charge is 0.372 e. The van der Waals surface area contributed by atoms with Crippen molar-refractivity contribution in [1.29, 1.82) is 0 Å². The molecule has 52 valence electrons. The number of carboxylic acid groups (broad SMARTS) is 1. The molecule has 0 aliphatic heterocycles. The fourth-order valence-corrected chi connectivity index (χ4v) is 0.612. The Hall–Kier alpha value is -0.510. The monoisotopic (exact) mass is 148 g/mol. The van der Waals surface area contributed by atoms with Crippen molar-refractivity contribution >= 4 is 22.2 Å². The average Bonchev–Trinajstić information content (AvgIpc) is 1.63. The number of carbonyl (C=O) groups is 2. The van der Waals surface area contributed by atoms with Crippen LogP contribution in [-0.2, 0) is 4.79 Å². The Bertz CT molecular complexity index is 130. The molecule has 0 aromatic carbocycles. The summed E-state index contributed by atoms with van der Waals surface area (Å²) in [6.45, 7) is 3.33. The van der Waals surface area contributed by atoms with E-state index >= 15 is 0 Å². The lowest BCUT2D eigenvalue weighted by molar-refractivity contribution is -0.113. The first-order valence-electron chi connectivity index (χ1n) is 2.48. The third-order valence-electron chi connectivity index (χ3n) is 0.659. The Morgan fingerprint density at radius 1 is 1.44 bits per heavy atom. The van der Waals surface area contributed by atoms with Gasteiger partial charge in [0.1, 0.15) is 0 Å². The fraction of sp³-hybridized carbons (Fsp3) is 0.600. The molecule has 0 saturated heterocycles. The summed E-state index contributed by atoms with van der Waals surface area (Å²) in [6, 6.07) is 0. The zero-order valence-corrected chi connectivity index (χ0v) is 6.07. The molecule has 0 spiro atoms.